The standard InChI is InChI=1S/C21H19N3O3S2/c1-3-27-16-8-10-17(11-9-16)29(25,26)24-19-13-15(7-6-14(19)2)20-23-18-5-4-12-22-21(18)28-20/h4-13,24H,3H2,1-2H3. The second-order valence-electron chi connectivity index (χ2n) is 6.39. The van der Waals surface area contributed by atoms with Crippen LogP contribution in [0.2, 0.25) is 0 Å². The summed E-state index contributed by atoms with van der Waals surface area (Å²) in [5.41, 5.74) is 3.00. The summed E-state index contributed by atoms with van der Waals surface area (Å²) >= 11 is 1.47. The van der Waals surface area contributed by atoms with Gasteiger partial charge in [-0.3, -0.25) is 4.72 Å². The predicted octanol–water partition coefficient (Wildman–Crippen LogP) is 4.87. The zero-order valence-electron chi connectivity index (χ0n) is 15.9. The number of thiazole rings is 1. The Balaban J connectivity index is 1.65. The Morgan fingerprint density at radius 1 is 1.10 bits per heavy atom. The van der Waals surface area contributed by atoms with Gasteiger partial charge in [0.2, 0.25) is 0 Å². The summed E-state index contributed by atoms with van der Waals surface area (Å²) in [6, 6.07) is 15.7. The third kappa shape index (κ3) is 4.08. The van der Waals surface area contributed by atoms with Crippen molar-refractivity contribution in [2.75, 3.05) is 11.3 Å². The van der Waals surface area contributed by atoms with Crippen molar-refractivity contribution in [2.24, 2.45) is 0 Å². The van der Waals surface area contributed by atoms with E-state index in [4.69, 9.17) is 4.74 Å². The van der Waals surface area contributed by atoms with Crippen LogP contribution in [0.15, 0.2) is 65.7 Å². The molecule has 0 aliphatic heterocycles. The Morgan fingerprint density at radius 3 is 2.62 bits per heavy atom. The van der Waals surface area contributed by atoms with Gasteiger partial charge in [0.15, 0.2) is 0 Å². The largest absolute Gasteiger partial charge is 0.494 e. The molecule has 148 valence electrons. The second-order valence-corrected chi connectivity index (χ2v) is 9.05. The van der Waals surface area contributed by atoms with Crippen molar-refractivity contribution in [1.29, 1.82) is 0 Å². The molecule has 0 aliphatic rings. The van der Waals surface area contributed by atoms with Crippen LogP contribution < -0.4 is 9.46 Å². The van der Waals surface area contributed by atoms with Crippen LogP contribution in [0.3, 0.4) is 0 Å². The Labute approximate surface area is 173 Å². The average molecular weight is 426 g/mol. The Hall–Kier alpha value is -2.97. The number of fused-ring (bicyclic) bond motifs is 1. The number of rotatable bonds is 6. The minimum Gasteiger partial charge on any atom is -0.494 e. The smallest absolute Gasteiger partial charge is 0.261 e. The number of aromatic nitrogens is 2. The van der Waals surface area contributed by atoms with Crippen LogP contribution in [0, 0.1) is 6.92 Å². The van der Waals surface area contributed by atoms with E-state index in [-0.39, 0.29) is 4.90 Å². The molecule has 0 saturated heterocycles. The van der Waals surface area contributed by atoms with E-state index in [0.717, 1.165) is 26.5 Å². The summed E-state index contributed by atoms with van der Waals surface area (Å²) in [6.45, 7) is 4.26. The first-order chi connectivity index (χ1) is 14.0. The van der Waals surface area contributed by atoms with Crippen LogP contribution in [0.1, 0.15) is 12.5 Å². The number of hydrogen-bond acceptors (Lipinski definition) is 6. The molecule has 1 N–H and O–H groups in total. The summed E-state index contributed by atoms with van der Waals surface area (Å²) in [4.78, 5) is 9.94. The summed E-state index contributed by atoms with van der Waals surface area (Å²) in [7, 11) is -3.73. The van der Waals surface area contributed by atoms with Gasteiger partial charge in [0, 0.05) is 11.8 Å². The molecule has 4 aromatic rings. The first-order valence-corrected chi connectivity index (χ1v) is 11.3. The van der Waals surface area contributed by atoms with E-state index in [1.54, 1.807) is 24.4 Å². The molecular formula is C21H19N3O3S2. The van der Waals surface area contributed by atoms with E-state index in [2.05, 4.69) is 14.7 Å². The molecule has 8 heteroatoms. The van der Waals surface area contributed by atoms with Crippen molar-refractivity contribution in [3.63, 3.8) is 0 Å². The molecule has 4 rings (SSSR count). The molecule has 0 saturated carbocycles. The van der Waals surface area contributed by atoms with Crippen molar-refractivity contribution >= 4 is 37.4 Å². The topological polar surface area (TPSA) is 81.2 Å². The van der Waals surface area contributed by atoms with Gasteiger partial charge in [-0.2, -0.15) is 0 Å². The zero-order valence-corrected chi connectivity index (χ0v) is 17.5. The molecule has 0 amide bonds. The number of nitrogens with zero attached hydrogens (tertiary/aromatic N) is 2. The summed E-state index contributed by atoms with van der Waals surface area (Å²) < 4.78 is 33.7. The fraction of sp³-hybridized carbons (Fsp3) is 0.143. The van der Waals surface area contributed by atoms with E-state index in [1.807, 2.05) is 38.1 Å². The molecule has 0 bridgehead atoms. The highest BCUT2D eigenvalue weighted by atomic mass is 32.2. The third-order valence-corrected chi connectivity index (χ3v) is 6.75. The first-order valence-electron chi connectivity index (χ1n) is 9.04. The number of benzene rings is 2. The number of hydrogen-bond donors (Lipinski definition) is 1. The van der Waals surface area contributed by atoms with E-state index >= 15 is 0 Å². The highest BCUT2D eigenvalue weighted by molar-refractivity contribution is 7.92. The summed E-state index contributed by atoms with van der Waals surface area (Å²) in [5, 5.41) is 0.792. The van der Waals surface area contributed by atoms with Gasteiger partial charge in [-0.25, -0.2) is 18.4 Å². The number of pyridine rings is 1. The second kappa shape index (κ2) is 7.81. The zero-order chi connectivity index (χ0) is 20.4. The molecule has 6 nitrogen and oxygen atoms in total. The number of nitrogens with one attached hydrogen (secondary N) is 1. The van der Waals surface area contributed by atoms with Crippen LogP contribution in [-0.2, 0) is 10.0 Å². The van der Waals surface area contributed by atoms with Gasteiger partial charge in [-0.05, 0) is 61.9 Å². The van der Waals surface area contributed by atoms with E-state index in [9.17, 15) is 8.42 Å². The minimum absolute atomic E-state index is 0.176. The van der Waals surface area contributed by atoms with E-state index < -0.39 is 10.0 Å². The maximum atomic E-state index is 12.8. The Kier molecular flexibility index (Phi) is 5.21. The molecule has 2 heterocycles. The number of anilines is 1. The fourth-order valence-electron chi connectivity index (χ4n) is 2.84. The van der Waals surface area contributed by atoms with Gasteiger partial charge in [-0.1, -0.05) is 23.5 Å². The lowest BCUT2D eigenvalue weighted by Crippen LogP contribution is -2.13. The number of sulfonamides is 1. The lowest BCUT2D eigenvalue weighted by atomic mass is 10.1. The maximum Gasteiger partial charge on any atom is 0.261 e. The van der Waals surface area contributed by atoms with Crippen molar-refractivity contribution < 1.29 is 13.2 Å². The molecule has 2 aromatic carbocycles. The highest BCUT2D eigenvalue weighted by Crippen LogP contribution is 2.32. The van der Waals surface area contributed by atoms with Gasteiger partial charge >= 0.3 is 0 Å². The Bertz CT molecular complexity index is 1230. The van der Waals surface area contributed by atoms with E-state index in [0.29, 0.717) is 18.0 Å². The summed E-state index contributed by atoms with van der Waals surface area (Å²) in [6.07, 6.45) is 1.73. The van der Waals surface area contributed by atoms with Crippen molar-refractivity contribution in [2.45, 2.75) is 18.7 Å². The molecule has 0 unspecified atom stereocenters. The maximum absolute atomic E-state index is 12.8. The lowest BCUT2D eigenvalue weighted by molar-refractivity contribution is 0.340. The molecule has 0 fully saturated rings. The van der Waals surface area contributed by atoms with Crippen LogP contribution in [-0.4, -0.2) is 25.0 Å². The van der Waals surface area contributed by atoms with E-state index in [1.165, 1.54) is 23.5 Å². The SMILES string of the molecule is CCOc1ccc(S(=O)(=O)Nc2cc(-c3nc4cccnc4s3)ccc2C)cc1. The van der Waals surface area contributed by atoms with Gasteiger partial charge in [0.25, 0.3) is 10.0 Å². The fourth-order valence-corrected chi connectivity index (χ4v) is 4.87. The molecule has 0 atom stereocenters. The molecule has 0 spiro atoms. The van der Waals surface area contributed by atoms with Crippen LogP contribution in [0.5, 0.6) is 5.75 Å². The number of aryl methyl sites for hydroxylation is 1. The Morgan fingerprint density at radius 2 is 1.90 bits per heavy atom. The molecule has 0 aliphatic carbocycles. The van der Waals surface area contributed by atoms with Crippen molar-refractivity contribution in [3.8, 4) is 16.3 Å². The third-order valence-electron chi connectivity index (χ3n) is 4.34. The van der Waals surface area contributed by atoms with Gasteiger partial charge in [-0.15, -0.1) is 0 Å². The van der Waals surface area contributed by atoms with Gasteiger partial charge < -0.3 is 4.74 Å². The molecule has 0 radical (unpaired) electrons. The van der Waals surface area contributed by atoms with Crippen LogP contribution in [0.4, 0.5) is 5.69 Å². The minimum atomic E-state index is -3.73. The summed E-state index contributed by atoms with van der Waals surface area (Å²) in [5.74, 6) is 0.633. The molecule has 2 aromatic heterocycles. The molecule has 29 heavy (non-hydrogen) atoms. The van der Waals surface area contributed by atoms with Gasteiger partial charge in [0.05, 0.1) is 17.2 Å². The predicted molar refractivity (Wildman–Crippen MR) is 116 cm³/mol. The average Bonchev–Trinajstić information content (AvgIpc) is 3.14. The van der Waals surface area contributed by atoms with Crippen molar-refractivity contribution in [3.05, 3.63) is 66.4 Å². The quantitative estimate of drug-likeness (QED) is 0.477. The van der Waals surface area contributed by atoms with Crippen molar-refractivity contribution in [1.82, 2.24) is 9.97 Å². The molecular weight excluding hydrogens is 406 g/mol. The monoisotopic (exact) mass is 425 g/mol. The van der Waals surface area contributed by atoms with Crippen LogP contribution >= 0.6 is 11.3 Å². The first kappa shape index (κ1) is 19.4. The lowest BCUT2D eigenvalue weighted by Gasteiger charge is -2.12. The van der Waals surface area contributed by atoms with Crippen LogP contribution in [0.25, 0.3) is 20.9 Å². The normalized spacial score (nSPS) is 11.5. The highest BCUT2D eigenvalue weighted by Gasteiger charge is 2.17. The van der Waals surface area contributed by atoms with Gasteiger partial charge in [0.1, 0.15) is 21.1 Å². The number of ether oxygens (including phenoxy) is 1.